The molecule has 0 spiro atoms. The van der Waals surface area contributed by atoms with Gasteiger partial charge in [-0.2, -0.15) is 0 Å². The zero-order chi connectivity index (χ0) is 15.0. The van der Waals surface area contributed by atoms with Gasteiger partial charge in [-0.3, -0.25) is 5.01 Å². The van der Waals surface area contributed by atoms with Crippen molar-refractivity contribution in [2.45, 2.75) is 6.54 Å². The van der Waals surface area contributed by atoms with Crippen molar-refractivity contribution in [3.63, 3.8) is 0 Å². The predicted octanol–water partition coefficient (Wildman–Crippen LogP) is 3.76. The summed E-state index contributed by atoms with van der Waals surface area (Å²) in [4.78, 5) is 0. The summed E-state index contributed by atoms with van der Waals surface area (Å²) < 4.78 is 5.86. The first-order valence-corrected chi connectivity index (χ1v) is 7.10. The highest BCUT2D eigenvalue weighted by Gasteiger charge is 2.20. The summed E-state index contributed by atoms with van der Waals surface area (Å²) in [7, 11) is 1.88. The summed E-state index contributed by atoms with van der Waals surface area (Å²) in [5.74, 6) is 0.823. The lowest BCUT2D eigenvalue weighted by Gasteiger charge is -2.24. The van der Waals surface area contributed by atoms with E-state index in [9.17, 15) is 0 Å². The van der Waals surface area contributed by atoms with Gasteiger partial charge in [-0.25, -0.2) is 0 Å². The number of halogens is 2. The number of ether oxygens (including phenoxy) is 1. The third-order valence-electron chi connectivity index (χ3n) is 3.13. The maximum Gasteiger partial charge on any atom is 0.244 e. The summed E-state index contributed by atoms with van der Waals surface area (Å²) >= 11 is 12.3. The number of benzene rings is 2. The third-order valence-corrected chi connectivity index (χ3v) is 3.69. The number of fused-ring (bicyclic) bond motifs is 1. The normalized spacial score (nSPS) is 13.7. The average Bonchev–Trinajstić information content (AvgIpc) is 2.42. The fourth-order valence-corrected chi connectivity index (χ4v) is 2.79. The van der Waals surface area contributed by atoms with Gasteiger partial charge in [0, 0.05) is 18.3 Å². The van der Waals surface area contributed by atoms with E-state index < -0.39 is 0 Å². The van der Waals surface area contributed by atoms with Crippen molar-refractivity contribution in [3.8, 4) is 5.75 Å². The minimum Gasteiger partial charge on any atom is -0.434 e. The average molecular weight is 322 g/mol. The fourth-order valence-electron chi connectivity index (χ4n) is 2.21. The zero-order valence-electron chi connectivity index (χ0n) is 11.3. The highest BCUT2D eigenvalue weighted by Crippen LogP contribution is 2.36. The molecule has 0 aromatic heterocycles. The molecule has 1 aliphatic heterocycles. The number of hydrazone groups is 1. The minimum atomic E-state index is 0.355. The van der Waals surface area contributed by atoms with Gasteiger partial charge in [0.05, 0.1) is 16.6 Å². The van der Waals surface area contributed by atoms with Crippen LogP contribution in [0.4, 0.5) is 5.69 Å². The number of anilines is 1. The Kier molecular flexibility index (Phi) is 3.66. The molecule has 0 radical (unpaired) electrons. The molecule has 0 fully saturated rings. The molecule has 21 heavy (non-hydrogen) atoms. The van der Waals surface area contributed by atoms with E-state index in [4.69, 9.17) is 33.7 Å². The van der Waals surface area contributed by atoms with Crippen LogP contribution in [0.5, 0.6) is 5.75 Å². The lowest BCUT2D eigenvalue weighted by Crippen LogP contribution is -2.26. The van der Waals surface area contributed by atoms with Crippen LogP contribution in [0.15, 0.2) is 41.5 Å². The maximum atomic E-state index is 6.16. The van der Waals surface area contributed by atoms with Crippen LogP contribution >= 0.6 is 23.2 Å². The largest absolute Gasteiger partial charge is 0.434 e. The first kappa shape index (κ1) is 14.0. The van der Waals surface area contributed by atoms with Crippen molar-refractivity contribution >= 4 is 34.8 Å². The quantitative estimate of drug-likeness (QED) is 0.813. The van der Waals surface area contributed by atoms with Gasteiger partial charge in [0.1, 0.15) is 0 Å². The smallest absolute Gasteiger partial charge is 0.244 e. The molecule has 0 atom stereocenters. The van der Waals surface area contributed by atoms with Gasteiger partial charge >= 0.3 is 0 Å². The molecule has 2 N–H and O–H groups in total. The van der Waals surface area contributed by atoms with Gasteiger partial charge in [0.2, 0.25) is 5.90 Å². The molecular formula is C15H13Cl2N3O. The van der Waals surface area contributed by atoms with Crippen LogP contribution in [0.3, 0.4) is 0 Å². The molecule has 0 unspecified atom stereocenters. The molecule has 3 rings (SSSR count). The predicted molar refractivity (Wildman–Crippen MR) is 85.9 cm³/mol. The highest BCUT2D eigenvalue weighted by atomic mass is 35.5. The number of rotatable bonds is 1. The van der Waals surface area contributed by atoms with E-state index in [0.29, 0.717) is 27.4 Å². The number of hydrogen-bond acceptors (Lipinski definition) is 4. The SMILES string of the molecule is CN1Cc2ccccc2C(Oc2c(Cl)cc(N)cc2Cl)=N1. The third kappa shape index (κ3) is 2.77. The summed E-state index contributed by atoms with van der Waals surface area (Å²) in [6.07, 6.45) is 0. The Morgan fingerprint density at radius 1 is 1.19 bits per heavy atom. The number of nitrogens with two attached hydrogens (primary N) is 1. The van der Waals surface area contributed by atoms with Crippen LogP contribution in [-0.4, -0.2) is 18.0 Å². The van der Waals surface area contributed by atoms with Crippen LogP contribution < -0.4 is 10.5 Å². The standard InChI is InChI=1S/C15H13Cl2N3O/c1-20-8-9-4-2-3-5-11(9)15(19-20)21-14-12(16)6-10(18)7-13(14)17/h2-7H,8,18H2,1H3. The monoisotopic (exact) mass is 321 g/mol. The second-order valence-corrected chi connectivity index (χ2v) is 5.61. The lowest BCUT2D eigenvalue weighted by molar-refractivity contribution is 0.325. The number of hydrogen-bond donors (Lipinski definition) is 1. The molecule has 0 saturated carbocycles. The molecule has 6 heteroatoms. The van der Waals surface area contributed by atoms with E-state index in [1.165, 1.54) is 0 Å². The second kappa shape index (κ2) is 5.47. The van der Waals surface area contributed by atoms with E-state index in [-0.39, 0.29) is 0 Å². The van der Waals surface area contributed by atoms with E-state index in [1.54, 1.807) is 17.1 Å². The highest BCUT2D eigenvalue weighted by molar-refractivity contribution is 6.37. The Bertz CT molecular complexity index is 708. The Morgan fingerprint density at radius 2 is 1.86 bits per heavy atom. The molecule has 1 heterocycles. The summed E-state index contributed by atoms with van der Waals surface area (Å²) in [5.41, 5.74) is 8.25. The molecule has 0 saturated heterocycles. The van der Waals surface area contributed by atoms with Crippen LogP contribution in [0, 0.1) is 0 Å². The fraction of sp³-hybridized carbons (Fsp3) is 0.133. The maximum absolute atomic E-state index is 6.16. The molecular weight excluding hydrogens is 309 g/mol. The topological polar surface area (TPSA) is 50.9 Å². The molecule has 2 aromatic carbocycles. The Morgan fingerprint density at radius 3 is 2.57 bits per heavy atom. The van der Waals surface area contributed by atoms with E-state index in [1.807, 2.05) is 31.3 Å². The molecule has 4 nitrogen and oxygen atoms in total. The molecule has 0 amide bonds. The number of nitrogen functional groups attached to an aromatic ring is 1. The van der Waals surface area contributed by atoms with Crippen molar-refractivity contribution < 1.29 is 4.74 Å². The van der Waals surface area contributed by atoms with Crippen molar-refractivity contribution in [1.82, 2.24) is 5.01 Å². The Balaban J connectivity index is 2.02. The van der Waals surface area contributed by atoms with Crippen molar-refractivity contribution in [2.24, 2.45) is 5.10 Å². The Hall–Kier alpha value is -1.91. The summed E-state index contributed by atoms with van der Waals surface area (Å²) in [6, 6.07) is 11.1. The van der Waals surface area contributed by atoms with Crippen molar-refractivity contribution in [3.05, 3.63) is 57.6 Å². The first-order valence-electron chi connectivity index (χ1n) is 6.35. The van der Waals surface area contributed by atoms with Crippen molar-refractivity contribution in [2.75, 3.05) is 12.8 Å². The van der Waals surface area contributed by atoms with E-state index in [2.05, 4.69) is 5.10 Å². The van der Waals surface area contributed by atoms with E-state index >= 15 is 0 Å². The number of nitrogens with zero attached hydrogens (tertiary/aromatic N) is 2. The van der Waals surface area contributed by atoms with Crippen LogP contribution in [0.25, 0.3) is 0 Å². The van der Waals surface area contributed by atoms with Gasteiger partial charge < -0.3 is 10.5 Å². The van der Waals surface area contributed by atoms with E-state index in [0.717, 1.165) is 17.7 Å². The van der Waals surface area contributed by atoms with Gasteiger partial charge in [0.25, 0.3) is 0 Å². The molecule has 0 bridgehead atoms. The van der Waals surface area contributed by atoms with Gasteiger partial charge in [-0.1, -0.05) is 41.4 Å². The lowest BCUT2D eigenvalue weighted by atomic mass is 10.1. The van der Waals surface area contributed by atoms with Gasteiger partial charge in [-0.15, -0.1) is 5.10 Å². The van der Waals surface area contributed by atoms with Crippen LogP contribution in [0.2, 0.25) is 10.0 Å². The Labute approximate surface area is 132 Å². The van der Waals surface area contributed by atoms with Gasteiger partial charge in [-0.05, 0) is 23.8 Å². The second-order valence-electron chi connectivity index (χ2n) is 4.79. The molecule has 1 aliphatic rings. The summed E-state index contributed by atoms with van der Waals surface area (Å²) in [6.45, 7) is 0.728. The summed E-state index contributed by atoms with van der Waals surface area (Å²) in [5, 5.41) is 6.92. The minimum absolute atomic E-state index is 0.355. The molecule has 108 valence electrons. The zero-order valence-corrected chi connectivity index (χ0v) is 12.8. The van der Waals surface area contributed by atoms with Crippen molar-refractivity contribution in [1.29, 1.82) is 0 Å². The van der Waals surface area contributed by atoms with Crippen LogP contribution in [0.1, 0.15) is 11.1 Å². The molecule has 2 aromatic rings. The molecule has 0 aliphatic carbocycles. The van der Waals surface area contributed by atoms with Crippen LogP contribution in [-0.2, 0) is 6.54 Å². The van der Waals surface area contributed by atoms with Gasteiger partial charge in [0.15, 0.2) is 5.75 Å². The first-order chi connectivity index (χ1) is 10.0.